The third-order valence-corrected chi connectivity index (χ3v) is 5.92. The van der Waals surface area contributed by atoms with Gasteiger partial charge in [0.25, 0.3) is 0 Å². The fourth-order valence-electron chi connectivity index (χ4n) is 5.36. The molecular formula is C17H23NO3. The number of aromatic nitrogens is 1. The Morgan fingerprint density at radius 1 is 1.14 bits per heavy atom. The van der Waals surface area contributed by atoms with Crippen molar-refractivity contribution in [2.24, 2.45) is 23.7 Å². The number of rotatable bonds is 3. The van der Waals surface area contributed by atoms with Crippen LogP contribution in [0.5, 0.6) is 0 Å². The van der Waals surface area contributed by atoms with Gasteiger partial charge >= 0.3 is 5.97 Å². The lowest BCUT2D eigenvalue weighted by Gasteiger charge is -2.53. The average Bonchev–Trinajstić information content (AvgIpc) is 2.82. The molecule has 1 aromatic rings. The molecule has 0 aromatic carbocycles. The lowest BCUT2D eigenvalue weighted by atomic mass is 9.52. The molecule has 4 aliphatic carbocycles. The van der Waals surface area contributed by atoms with Gasteiger partial charge in [0.05, 0.1) is 5.69 Å². The summed E-state index contributed by atoms with van der Waals surface area (Å²) in [6.45, 7) is 3.95. The summed E-state index contributed by atoms with van der Waals surface area (Å²) in [5, 5.41) is 9.34. The monoisotopic (exact) mass is 289 g/mol. The first-order valence-corrected chi connectivity index (χ1v) is 8.26. The van der Waals surface area contributed by atoms with Crippen LogP contribution in [-0.2, 0) is 0 Å². The molecule has 4 heteroatoms. The summed E-state index contributed by atoms with van der Waals surface area (Å²) >= 11 is 0. The van der Waals surface area contributed by atoms with Crippen molar-refractivity contribution in [3.05, 3.63) is 17.3 Å². The van der Waals surface area contributed by atoms with Crippen LogP contribution in [0.3, 0.4) is 0 Å². The van der Waals surface area contributed by atoms with Gasteiger partial charge in [0.2, 0.25) is 5.76 Å². The van der Waals surface area contributed by atoms with Crippen molar-refractivity contribution in [2.75, 3.05) is 0 Å². The Morgan fingerprint density at radius 3 is 2.14 bits per heavy atom. The summed E-state index contributed by atoms with van der Waals surface area (Å²) < 4.78 is 5.75. The largest absolute Gasteiger partial charge is 0.475 e. The molecule has 4 fully saturated rings. The van der Waals surface area contributed by atoms with Crippen molar-refractivity contribution in [3.63, 3.8) is 0 Å². The zero-order valence-corrected chi connectivity index (χ0v) is 12.7. The molecule has 1 N–H and O–H groups in total. The first kappa shape index (κ1) is 13.4. The van der Waals surface area contributed by atoms with Crippen LogP contribution in [0.2, 0.25) is 0 Å². The van der Waals surface area contributed by atoms with Crippen molar-refractivity contribution >= 4 is 5.97 Å². The predicted molar refractivity (Wildman–Crippen MR) is 77.3 cm³/mol. The Kier molecular flexibility index (Phi) is 2.92. The number of oxazole rings is 1. The predicted octanol–water partition coefficient (Wildman–Crippen LogP) is 4.04. The molecule has 1 aromatic heterocycles. The standard InChI is InChI=1S/C17H23NO3/c1-8(2)14-15(17(19)20)21-16(18-14)13-11-4-9-3-10(6-11)7-12(13)5-9/h8-13H,3-7H2,1-2H3,(H,19,20). The molecule has 0 aliphatic heterocycles. The van der Waals surface area contributed by atoms with E-state index in [1.165, 1.54) is 32.1 Å². The molecule has 0 saturated heterocycles. The molecule has 0 spiro atoms. The highest BCUT2D eigenvalue weighted by molar-refractivity contribution is 5.85. The van der Waals surface area contributed by atoms with Gasteiger partial charge in [-0.3, -0.25) is 0 Å². The fraction of sp³-hybridized carbons (Fsp3) is 0.765. The van der Waals surface area contributed by atoms with E-state index < -0.39 is 5.97 Å². The van der Waals surface area contributed by atoms with Crippen LogP contribution < -0.4 is 0 Å². The number of carbonyl (C=O) groups is 1. The van der Waals surface area contributed by atoms with Crippen LogP contribution in [0.25, 0.3) is 0 Å². The quantitative estimate of drug-likeness (QED) is 0.912. The van der Waals surface area contributed by atoms with E-state index in [9.17, 15) is 9.90 Å². The number of hydrogen-bond acceptors (Lipinski definition) is 3. The van der Waals surface area contributed by atoms with Crippen LogP contribution in [0.1, 0.15) is 79.9 Å². The van der Waals surface area contributed by atoms with E-state index in [-0.39, 0.29) is 11.7 Å². The summed E-state index contributed by atoms with van der Waals surface area (Å²) in [5.74, 6) is 3.39. The van der Waals surface area contributed by atoms with E-state index in [1.54, 1.807) is 0 Å². The zero-order chi connectivity index (χ0) is 14.7. The van der Waals surface area contributed by atoms with E-state index in [1.807, 2.05) is 13.8 Å². The van der Waals surface area contributed by atoms with E-state index >= 15 is 0 Å². The van der Waals surface area contributed by atoms with Gasteiger partial charge in [-0.2, -0.15) is 0 Å². The molecule has 1 heterocycles. The van der Waals surface area contributed by atoms with Gasteiger partial charge in [-0.1, -0.05) is 13.8 Å². The second kappa shape index (κ2) is 4.59. The molecular weight excluding hydrogens is 266 g/mol. The van der Waals surface area contributed by atoms with Gasteiger partial charge in [-0.25, -0.2) is 9.78 Å². The Bertz CT molecular complexity index is 547. The molecule has 21 heavy (non-hydrogen) atoms. The molecule has 0 unspecified atom stereocenters. The first-order valence-electron chi connectivity index (χ1n) is 8.26. The van der Waals surface area contributed by atoms with Crippen LogP contribution in [0.15, 0.2) is 4.42 Å². The van der Waals surface area contributed by atoms with E-state index in [2.05, 4.69) is 4.98 Å². The number of hydrogen-bond donors (Lipinski definition) is 1. The molecule has 4 saturated carbocycles. The van der Waals surface area contributed by atoms with Gasteiger partial charge < -0.3 is 9.52 Å². The Balaban J connectivity index is 1.70. The summed E-state index contributed by atoms with van der Waals surface area (Å²) in [7, 11) is 0. The summed E-state index contributed by atoms with van der Waals surface area (Å²) in [5.41, 5.74) is 0.617. The van der Waals surface area contributed by atoms with Gasteiger partial charge in [0, 0.05) is 5.92 Å². The Labute approximate surface area is 124 Å². The summed E-state index contributed by atoms with van der Waals surface area (Å²) in [6.07, 6.45) is 6.58. The van der Waals surface area contributed by atoms with Crippen molar-refractivity contribution in [2.45, 2.75) is 57.8 Å². The van der Waals surface area contributed by atoms with E-state index in [0.29, 0.717) is 29.3 Å². The maximum absolute atomic E-state index is 11.4. The maximum atomic E-state index is 11.4. The van der Waals surface area contributed by atoms with Gasteiger partial charge in [0.1, 0.15) is 0 Å². The maximum Gasteiger partial charge on any atom is 0.373 e. The normalized spacial score (nSPS) is 37.4. The molecule has 4 aliphatic rings. The molecule has 0 atom stereocenters. The van der Waals surface area contributed by atoms with E-state index in [4.69, 9.17) is 4.42 Å². The molecule has 0 amide bonds. The average molecular weight is 289 g/mol. The minimum atomic E-state index is -0.985. The molecule has 0 radical (unpaired) electrons. The molecule has 5 rings (SSSR count). The SMILES string of the molecule is CC(C)c1nc(C2C3CC4CC(C3)CC2C4)oc1C(=O)O. The first-order chi connectivity index (χ1) is 10.0. The van der Waals surface area contributed by atoms with Crippen molar-refractivity contribution in [1.82, 2.24) is 4.98 Å². The van der Waals surface area contributed by atoms with Gasteiger partial charge in [-0.15, -0.1) is 0 Å². The second-order valence-electron chi connectivity index (χ2n) is 7.68. The third-order valence-electron chi connectivity index (χ3n) is 5.92. The molecule has 114 valence electrons. The number of carboxylic acid groups (broad SMARTS) is 1. The summed E-state index contributed by atoms with van der Waals surface area (Å²) in [6, 6.07) is 0. The van der Waals surface area contributed by atoms with Gasteiger partial charge in [-0.05, 0) is 61.7 Å². The van der Waals surface area contributed by atoms with Crippen LogP contribution >= 0.6 is 0 Å². The molecule has 4 bridgehead atoms. The highest BCUT2D eigenvalue weighted by Gasteiger charge is 2.50. The highest BCUT2D eigenvalue weighted by atomic mass is 16.4. The highest BCUT2D eigenvalue weighted by Crippen LogP contribution is 2.59. The Hall–Kier alpha value is -1.32. The van der Waals surface area contributed by atoms with Crippen LogP contribution in [-0.4, -0.2) is 16.1 Å². The second-order valence-corrected chi connectivity index (χ2v) is 7.68. The fourth-order valence-corrected chi connectivity index (χ4v) is 5.36. The third kappa shape index (κ3) is 2.02. The molecule has 4 nitrogen and oxygen atoms in total. The van der Waals surface area contributed by atoms with Crippen molar-refractivity contribution < 1.29 is 14.3 Å². The lowest BCUT2D eigenvalue weighted by Crippen LogP contribution is -2.43. The van der Waals surface area contributed by atoms with Crippen LogP contribution in [0.4, 0.5) is 0 Å². The number of carboxylic acids is 1. The smallest absolute Gasteiger partial charge is 0.373 e. The minimum Gasteiger partial charge on any atom is -0.475 e. The van der Waals surface area contributed by atoms with E-state index in [0.717, 1.165) is 11.8 Å². The lowest BCUT2D eigenvalue weighted by molar-refractivity contribution is -0.0119. The van der Waals surface area contributed by atoms with Gasteiger partial charge in [0.15, 0.2) is 5.89 Å². The topological polar surface area (TPSA) is 63.3 Å². The minimum absolute atomic E-state index is 0.0637. The number of aromatic carboxylic acids is 1. The van der Waals surface area contributed by atoms with Crippen molar-refractivity contribution in [1.29, 1.82) is 0 Å². The summed E-state index contributed by atoms with van der Waals surface area (Å²) in [4.78, 5) is 16.0. The Morgan fingerprint density at radius 2 is 1.71 bits per heavy atom. The van der Waals surface area contributed by atoms with Crippen molar-refractivity contribution in [3.8, 4) is 0 Å². The van der Waals surface area contributed by atoms with Crippen LogP contribution in [0, 0.1) is 23.7 Å². The zero-order valence-electron chi connectivity index (χ0n) is 12.7. The number of nitrogens with zero attached hydrogens (tertiary/aromatic N) is 1.